The molecule has 0 unspecified atom stereocenters. The summed E-state index contributed by atoms with van der Waals surface area (Å²) in [6, 6.07) is 4.89. The molecule has 0 radical (unpaired) electrons. The first-order chi connectivity index (χ1) is 10.1. The highest BCUT2D eigenvalue weighted by atomic mass is 79.9. The summed E-state index contributed by atoms with van der Waals surface area (Å²) in [5.74, 6) is 1.08. The van der Waals surface area contributed by atoms with Crippen LogP contribution in [0.1, 0.15) is 38.5 Å². The number of thiol groups is 1. The molecule has 1 aromatic rings. The number of para-hydroxylation sites is 1. The van der Waals surface area contributed by atoms with E-state index in [1.807, 2.05) is 0 Å². The van der Waals surface area contributed by atoms with Gasteiger partial charge < -0.3 is 4.74 Å². The molecule has 1 aliphatic carbocycles. The first-order valence-electron chi connectivity index (χ1n) is 7.24. The minimum atomic E-state index is -0.402. The Morgan fingerprint density at radius 2 is 1.95 bits per heavy atom. The van der Waals surface area contributed by atoms with Gasteiger partial charge in [0.2, 0.25) is 5.75 Å². The predicted octanol–water partition coefficient (Wildman–Crippen LogP) is 5.01. The van der Waals surface area contributed by atoms with Crippen molar-refractivity contribution in [2.24, 2.45) is 5.41 Å². The van der Waals surface area contributed by atoms with Crippen molar-refractivity contribution in [3.05, 3.63) is 32.8 Å². The van der Waals surface area contributed by atoms with E-state index < -0.39 is 4.92 Å². The molecule has 0 amide bonds. The summed E-state index contributed by atoms with van der Waals surface area (Å²) in [4.78, 5) is 10.7. The van der Waals surface area contributed by atoms with Gasteiger partial charge in [-0.3, -0.25) is 10.1 Å². The third kappa shape index (κ3) is 4.13. The first-order valence-corrected chi connectivity index (χ1v) is 8.67. The fourth-order valence-electron chi connectivity index (χ4n) is 2.84. The van der Waals surface area contributed by atoms with Gasteiger partial charge in [-0.1, -0.05) is 31.7 Å². The topological polar surface area (TPSA) is 52.4 Å². The summed E-state index contributed by atoms with van der Waals surface area (Å²) < 4.78 is 6.51. The summed E-state index contributed by atoms with van der Waals surface area (Å²) in [7, 11) is 0. The Morgan fingerprint density at radius 1 is 1.29 bits per heavy atom. The van der Waals surface area contributed by atoms with Gasteiger partial charge in [0.15, 0.2) is 0 Å². The number of rotatable bonds is 5. The molecule has 1 aromatic carbocycles. The highest BCUT2D eigenvalue weighted by molar-refractivity contribution is 9.10. The van der Waals surface area contributed by atoms with Gasteiger partial charge in [-0.25, -0.2) is 0 Å². The van der Waals surface area contributed by atoms with E-state index in [1.165, 1.54) is 31.7 Å². The fraction of sp³-hybridized carbons (Fsp3) is 0.600. The van der Waals surface area contributed by atoms with E-state index in [2.05, 4.69) is 28.6 Å². The van der Waals surface area contributed by atoms with Crippen molar-refractivity contribution >= 4 is 34.2 Å². The maximum Gasteiger partial charge on any atom is 0.312 e. The second kappa shape index (κ2) is 7.49. The Kier molecular flexibility index (Phi) is 5.93. The van der Waals surface area contributed by atoms with Crippen LogP contribution in [0.2, 0.25) is 0 Å². The third-order valence-corrected chi connectivity index (χ3v) is 5.46. The molecule has 0 spiro atoms. The molecule has 2 rings (SSSR count). The van der Waals surface area contributed by atoms with Gasteiger partial charge in [0.05, 0.1) is 16.0 Å². The molecule has 0 atom stereocenters. The Hall–Kier alpha value is -0.750. The summed E-state index contributed by atoms with van der Waals surface area (Å²) in [5, 5.41) is 11.1. The summed E-state index contributed by atoms with van der Waals surface area (Å²) in [6.07, 6.45) is 7.03. The van der Waals surface area contributed by atoms with Gasteiger partial charge in [-0.05, 0) is 40.6 Å². The SMILES string of the molecule is O=[N+]([O-])c1cccc(Br)c1OCC1(CS)CCCCCC1. The molecule has 4 nitrogen and oxygen atoms in total. The molecule has 0 bridgehead atoms. The summed E-state index contributed by atoms with van der Waals surface area (Å²) in [5.41, 5.74) is 0.0373. The van der Waals surface area contributed by atoms with Crippen molar-refractivity contribution in [3.63, 3.8) is 0 Å². The van der Waals surface area contributed by atoms with Crippen LogP contribution in [0.5, 0.6) is 5.75 Å². The predicted molar refractivity (Wildman–Crippen MR) is 90.3 cm³/mol. The standard InChI is InChI=1S/C15H20BrNO3S/c16-12-6-5-7-13(17(18)19)14(12)20-10-15(11-21)8-3-1-2-4-9-15/h5-7,21H,1-4,8-11H2. The van der Waals surface area contributed by atoms with E-state index in [1.54, 1.807) is 12.1 Å². The van der Waals surface area contributed by atoms with Gasteiger partial charge in [0.1, 0.15) is 0 Å². The Balaban J connectivity index is 2.16. The molecule has 116 valence electrons. The van der Waals surface area contributed by atoms with Gasteiger partial charge in [0.25, 0.3) is 0 Å². The fourth-order valence-corrected chi connectivity index (χ4v) is 3.71. The normalized spacial score (nSPS) is 18.0. The van der Waals surface area contributed by atoms with Crippen molar-refractivity contribution in [1.82, 2.24) is 0 Å². The van der Waals surface area contributed by atoms with Crippen LogP contribution in [0.4, 0.5) is 5.69 Å². The lowest BCUT2D eigenvalue weighted by molar-refractivity contribution is -0.386. The number of ether oxygens (including phenoxy) is 1. The molecule has 1 fully saturated rings. The highest BCUT2D eigenvalue weighted by Crippen LogP contribution is 2.40. The average Bonchev–Trinajstić information content (AvgIpc) is 2.72. The van der Waals surface area contributed by atoms with Crippen LogP contribution in [0.3, 0.4) is 0 Å². The van der Waals surface area contributed by atoms with Crippen LogP contribution < -0.4 is 4.74 Å². The van der Waals surface area contributed by atoms with E-state index in [0.717, 1.165) is 18.6 Å². The van der Waals surface area contributed by atoms with Crippen LogP contribution in [-0.2, 0) is 0 Å². The molecule has 1 saturated carbocycles. The van der Waals surface area contributed by atoms with E-state index >= 15 is 0 Å². The lowest BCUT2D eigenvalue weighted by Crippen LogP contribution is -2.30. The molecule has 0 saturated heterocycles. The van der Waals surface area contributed by atoms with Crippen LogP contribution in [-0.4, -0.2) is 17.3 Å². The lowest BCUT2D eigenvalue weighted by Gasteiger charge is -2.31. The van der Waals surface area contributed by atoms with Crippen molar-refractivity contribution in [1.29, 1.82) is 0 Å². The van der Waals surface area contributed by atoms with Crippen LogP contribution in [0.15, 0.2) is 22.7 Å². The van der Waals surface area contributed by atoms with Gasteiger partial charge >= 0.3 is 5.69 Å². The monoisotopic (exact) mass is 373 g/mol. The van der Waals surface area contributed by atoms with Crippen LogP contribution in [0, 0.1) is 15.5 Å². The van der Waals surface area contributed by atoms with Gasteiger partial charge in [0, 0.05) is 11.5 Å². The average molecular weight is 374 g/mol. The molecular formula is C15H20BrNO3S. The number of nitro groups is 1. The Labute approximate surface area is 138 Å². The number of nitro benzene ring substituents is 1. The zero-order valence-electron chi connectivity index (χ0n) is 11.9. The first kappa shape index (κ1) is 16.6. The number of benzene rings is 1. The molecule has 21 heavy (non-hydrogen) atoms. The molecule has 1 aliphatic rings. The second-order valence-electron chi connectivity index (χ2n) is 5.71. The van der Waals surface area contributed by atoms with Gasteiger partial charge in [-0.2, -0.15) is 12.6 Å². The number of halogens is 1. The van der Waals surface area contributed by atoms with Gasteiger partial charge in [-0.15, -0.1) is 0 Å². The van der Waals surface area contributed by atoms with Crippen molar-refractivity contribution < 1.29 is 9.66 Å². The van der Waals surface area contributed by atoms with Crippen LogP contribution >= 0.6 is 28.6 Å². The molecular weight excluding hydrogens is 354 g/mol. The summed E-state index contributed by atoms with van der Waals surface area (Å²) in [6.45, 7) is 0.486. The summed E-state index contributed by atoms with van der Waals surface area (Å²) >= 11 is 7.86. The molecule has 0 aliphatic heterocycles. The molecule has 6 heteroatoms. The van der Waals surface area contributed by atoms with E-state index in [4.69, 9.17) is 4.74 Å². The maximum atomic E-state index is 11.1. The van der Waals surface area contributed by atoms with Crippen molar-refractivity contribution in [2.45, 2.75) is 38.5 Å². The van der Waals surface area contributed by atoms with E-state index in [9.17, 15) is 10.1 Å². The molecule has 0 heterocycles. The Morgan fingerprint density at radius 3 is 2.52 bits per heavy atom. The second-order valence-corrected chi connectivity index (χ2v) is 6.88. The minimum Gasteiger partial charge on any atom is -0.485 e. The highest BCUT2D eigenvalue weighted by Gasteiger charge is 2.32. The Bertz CT molecular complexity index is 502. The number of hydrogen-bond donors (Lipinski definition) is 1. The van der Waals surface area contributed by atoms with Crippen molar-refractivity contribution in [3.8, 4) is 5.75 Å². The van der Waals surface area contributed by atoms with E-state index in [0.29, 0.717) is 16.8 Å². The zero-order chi connectivity index (χ0) is 15.3. The third-order valence-electron chi connectivity index (χ3n) is 4.17. The van der Waals surface area contributed by atoms with Crippen molar-refractivity contribution in [2.75, 3.05) is 12.4 Å². The number of hydrogen-bond acceptors (Lipinski definition) is 4. The van der Waals surface area contributed by atoms with E-state index in [-0.39, 0.29) is 11.1 Å². The minimum absolute atomic E-state index is 0.00677. The lowest BCUT2D eigenvalue weighted by atomic mass is 9.83. The largest absolute Gasteiger partial charge is 0.485 e. The zero-order valence-corrected chi connectivity index (χ0v) is 14.4. The van der Waals surface area contributed by atoms with Crippen LogP contribution in [0.25, 0.3) is 0 Å². The maximum absolute atomic E-state index is 11.1. The number of nitrogens with zero attached hydrogens (tertiary/aromatic N) is 1. The molecule has 0 aromatic heterocycles. The quantitative estimate of drug-likeness (QED) is 0.341. The molecule has 0 N–H and O–H groups in total. The smallest absolute Gasteiger partial charge is 0.312 e.